The lowest BCUT2D eigenvalue weighted by atomic mass is 10.2. The second-order valence-electron chi connectivity index (χ2n) is 5.18. The van der Waals surface area contributed by atoms with Gasteiger partial charge in [0.15, 0.2) is 5.66 Å². The molecule has 0 saturated carbocycles. The van der Waals surface area contributed by atoms with Crippen molar-refractivity contribution in [3.05, 3.63) is 24.8 Å². The lowest BCUT2D eigenvalue weighted by Gasteiger charge is -2.26. The Bertz CT molecular complexity index is 408. The Morgan fingerprint density at radius 3 is 2.79 bits per heavy atom. The monoisotopic (exact) mass is 288 g/mol. The van der Waals surface area contributed by atoms with E-state index >= 15 is 0 Å². The van der Waals surface area contributed by atoms with E-state index in [1.807, 2.05) is 0 Å². The van der Waals surface area contributed by atoms with Crippen molar-refractivity contribution in [2.45, 2.75) is 38.5 Å². The Morgan fingerprint density at radius 2 is 2.21 bits per heavy atom. The van der Waals surface area contributed by atoms with E-state index in [1.54, 1.807) is 32.9 Å². The van der Waals surface area contributed by atoms with E-state index in [0.717, 1.165) is 0 Å². The van der Waals surface area contributed by atoms with Crippen molar-refractivity contribution in [1.82, 2.24) is 0 Å². The van der Waals surface area contributed by atoms with Crippen molar-refractivity contribution in [3.8, 4) is 0 Å². The van der Waals surface area contributed by atoms with Crippen LogP contribution in [0.15, 0.2) is 24.8 Å². The van der Waals surface area contributed by atoms with Crippen LogP contribution in [0.4, 0.5) is 0 Å². The number of hydrogen-bond acceptors (Lipinski definition) is 5. The standard InChI is InChI=1S/C13H21O5P/c1-5-9-16-19(15)11(8-6-7-10-17-19)12(14)18-13(2,3)4/h5-7,11H,1,8-10H2,2-4H3. The largest absolute Gasteiger partial charge is 0.459 e. The molecule has 6 heteroatoms. The molecular weight excluding hydrogens is 267 g/mol. The maximum Gasteiger partial charge on any atom is 0.345 e. The molecule has 1 heterocycles. The fourth-order valence-corrected chi connectivity index (χ4v) is 3.27. The van der Waals surface area contributed by atoms with E-state index in [9.17, 15) is 9.36 Å². The highest BCUT2D eigenvalue weighted by Gasteiger charge is 2.43. The molecule has 1 aliphatic heterocycles. The van der Waals surface area contributed by atoms with Gasteiger partial charge in [0.2, 0.25) is 0 Å². The van der Waals surface area contributed by atoms with Gasteiger partial charge >= 0.3 is 13.6 Å². The lowest BCUT2D eigenvalue weighted by molar-refractivity contribution is -0.154. The highest BCUT2D eigenvalue weighted by Crippen LogP contribution is 2.55. The summed E-state index contributed by atoms with van der Waals surface area (Å²) in [4.78, 5) is 12.1. The molecule has 5 nitrogen and oxygen atoms in total. The molecule has 1 aliphatic rings. The summed E-state index contributed by atoms with van der Waals surface area (Å²) in [6.45, 7) is 9.00. The number of allylic oxidation sites excluding steroid dienone is 1. The minimum Gasteiger partial charge on any atom is -0.459 e. The summed E-state index contributed by atoms with van der Waals surface area (Å²) < 4.78 is 28.4. The summed E-state index contributed by atoms with van der Waals surface area (Å²) in [5.41, 5.74) is -1.57. The van der Waals surface area contributed by atoms with Crippen molar-refractivity contribution >= 4 is 13.6 Å². The zero-order valence-corrected chi connectivity index (χ0v) is 12.5. The van der Waals surface area contributed by atoms with Gasteiger partial charge in [-0.15, -0.1) is 6.58 Å². The highest BCUT2D eigenvalue weighted by molar-refractivity contribution is 7.55. The molecule has 0 aromatic rings. The third kappa shape index (κ3) is 4.94. The topological polar surface area (TPSA) is 61.8 Å². The summed E-state index contributed by atoms with van der Waals surface area (Å²) in [6.07, 6.45) is 5.22. The Morgan fingerprint density at radius 1 is 1.53 bits per heavy atom. The van der Waals surface area contributed by atoms with Crippen LogP contribution in [0.3, 0.4) is 0 Å². The second-order valence-corrected chi connectivity index (χ2v) is 7.40. The normalized spacial score (nSPS) is 27.6. The molecule has 0 aromatic carbocycles. The average molecular weight is 288 g/mol. The van der Waals surface area contributed by atoms with Crippen LogP contribution in [0.1, 0.15) is 27.2 Å². The van der Waals surface area contributed by atoms with Gasteiger partial charge in [0.25, 0.3) is 0 Å². The van der Waals surface area contributed by atoms with Gasteiger partial charge in [-0.3, -0.25) is 9.36 Å². The first kappa shape index (κ1) is 16.2. The van der Waals surface area contributed by atoms with Crippen LogP contribution in [0.25, 0.3) is 0 Å². The molecule has 108 valence electrons. The van der Waals surface area contributed by atoms with Gasteiger partial charge in [-0.05, 0) is 27.2 Å². The summed E-state index contributed by atoms with van der Waals surface area (Å²) in [5, 5.41) is 0. The number of carbonyl (C=O) groups excluding carboxylic acids is 1. The summed E-state index contributed by atoms with van der Waals surface area (Å²) in [7, 11) is -3.53. The van der Waals surface area contributed by atoms with Crippen LogP contribution >= 0.6 is 7.60 Å². The molecule has 0 spiro atoms. The smallest absolute Gasteiger partial charge is 0.345 e. The predicted molar refractivity (Wildman–Crippen MR) is 73.1 cm³/mol. The molecule has 1 rings (SSSR count). The van der Waals surface area contributed by atoms with Crippen molar-refractivity contribution in [2.75, 3.05) is 13.2 Å². The third-order valence-corrected chi connectivity index (χ3v) is 4.51. The molecule has 0 N–H and O–H groups in total. The van der Waals surface area contributed by atoms with Gasteiger partial charge in [-0.2, -0.15) is 0 Å². The molecule has 0 aliphatic carbocycles. The van der Waals surface area contributed by atoms with Gasteiger partial charge in [0, 0.05) is 0 Å². The molecule has 0 fully saturated rings. The molecular formula is C13H21O5P. The molecule has 0 amide bonds. The van der Waals surface area contributed by atoms with E-state index in [4.69, 9.17) is 13.8 Å². The van der Waals surface area contributed by atoms with E-state index in [-0.39, 0.29) is 19.6 Å². The molecule has 0 bridgehead atoms. The molecule has 0 radical (unpaired) electrons. The van der Waals surface area contributed by atoms with Crippen molar-refractivity contribution in [1.29, 1.82) is 0 Å². The van der Waals surface area contributed by atoms with E-state index in [2.05, 4.69) is 6.58 Å². The fraction of sp³-hybridized carbons (Fsp3) is 0.615. The molecule has 2 unspecified atom stereocenters. The Hall–Kier alpha value is -0.900. The first-order valence-corrected chi connectivity index (χ1v) is 7.77. The second kappa shape index (κ2) is 6.51. The zero-order chi connectivity index (χ0) is 14.5. The number of rotatable bonds is 4. The fourth-order valence-electron chi connectivity index (χ4n) is 1.54. The van der Waals surface area contributed by atoms with Crippen molar-refractivity contribution in [3.63, 3.8) is 0 Å². The van der Waals surface area contributed by atoms with Gasteiger partial charge in [-0.25, -0.2) is 0 Å². The summed E-state index contributed by atoms with van der Waals surface area (Å²) >= 11 is 0. The van der Waals surface area contributed by atoms with E-state index in [0.29, 0.717) is 0 Å². The van der Waals surface area contributed by atoms with Crippen LogP contribution in [0, 0.1) is 0 Å². The van der Waals surface area contributed by atoms with Crippen molar-refractivity contribution < 1.29 is 23.1 Å². The van der Waals surface area contributed by atoms with Crippen LogP contribution < -0.4 is 0 Å². The van der Waals surface area contributed by atoms with Crippen molar-refractivity contribution in [2.24, 2.45) is 0 Å². The Kier molecular flexibility index (Phi) is 5.53. The van der Waals surface area contributed by atoms with Gasteiger partial charge in [-0.1, -0.05) is 18.2 Å². The maximum absolute atomic E-state index is 12.6. The molecule has 19 heavy (non-hydrogen) atoms. The number of esters is 1. The van der Waals surface area contributed by atoms with Crippen LogP contribution in [-0.2, 0) is 23.1 Å². The van der Waals surface area contributed by atoms with E-state index < -0.39 is 24.8 Å². The Labute approximate surface area is 114 Å². The van der Waals surface area contributed by atoms with Crippen LogP contribution in [-0.4, -0.2) is 30.4 Å². The summed E-state index contributed by atoms with van der Waals surface area (Å²) in [6, 6.07) is 0. The average Bonchev–Trinajstić information content (AvgIpc) is 2.47. The van der Waals surface area contributed by atoms with Crippen LogP contribution in [0.5, 0.6) is 0 Å². The van der Waals surface area contributed by atoms with Gasteiger partial charge < -0.3 is 13.8 Å². The Balaban J connectivity index is 2.90. The SMILES string of the molecule is C=CCOP1(=O)OCC=CCC1C(=O)OC(C)(C)C. The first-order chi connectivity index (χ1) is 8.78. The number of ether oxygens (including phenoxy) is 1. The first-order valence-electron chi connectivity index (χ1n) is 6.16. The molecule has 0 saturated heterocycles. The van der Waals surface area contributed by atoms with Gasteiger partial charge in [0.05, 0.1) is 13.2 Å². The van der Waals surface area contributed by atoms with E-state index in [1.165, 1.54) is 6.08 Å². The lowest BCUT2D eigenvalue weighted by Crippen LogP contribution is -2.32. The minimum atomic E-state index is -3.53. The highest BCUT2D eigenvalue weighted by atomic mass is 31.2. The number of carbonyl (C=O) groups is 1. The summed E-state index contributed by atoms with van der Waals surface area (Å²) in [5.74, 6) is -0.563. The van der Waals surface area contributed by atoms with Crippen LogP contribution in [0.2, 0.25) is 0 Å². The zero-order valence-electron chi connectivity index (χ0n) is 11.6. The molecule has 0 aromatic heterocycles. The molecule has 2 atom stereocenters. The quantitative estimate of drug-likeness (QED) is 0.452. The number of hydrogen-bond donors (Lipinski definition) is 0. The maximum atomic E-state index is 12.6. The minimum absolute atomic E-state index is 0.0660. The third-order valence-electron chi connectivity index (χ3n) is 2.31. The van der Waals surface area contributed by atoms with Gasteiger partial charge in [0.1, 0.15) is 5.60 Å². The predicted octanol–water partition coefficient (Wildman–Crippen LogP) is 3.07.